The SMILES string of the molecule is CC(C)(Oc1ccc(NS(C)(=O)=O)cc1)C(O)CN1CCNCC1. The van der Waals surface area contributed by atoms with Crippen LogP contribution in [-0.2, 0) is 10.0 Å². The summed E-state index contributed by atoms with van der Waals surface area (Å²) >= 11 is 0. The molecule has 0 radical (unpaired) electrons. The zero-order valence-electron chi connectivity index (χ0n) is 14.4. The van der Waals surface area contributed by atoms with Gasteiger partial charge in [-0.3, -0.25) is 9.62 Å². The number of hydrogen-bond acceptors (Lipinski definition) is 6. The van der Waals surface area contributed by atoms with Gasteiger partial charge in [0.2, 0.25) is 10.0 Å². The van der Waals surface area contributed by atoms with Gasteiger partial charge < -0.3 is 15.2 Å². The van der Waals surface area contributed by atoms with Crippen LogP contribution in [0.1, 0.15) is 13.8 Å². The summed E-state index contributed by atoms with van der Waals surface area (Å²) in [5, 5.41) is 13.8. The maximum absolute atomic E-state index is 11.2. The zero-order valence-corrected chi connectivity index (χ0v) is 15.3. The first-order chi connectivity index (χ1) is 11.2. The molecule has 0 amide bonds. The lowest BCUT2D eigenvalue weighted by Crippen LogP contribution is -2.52. The smallest absolute Gasteiger partial charge is 0.229 e. The second-order valence-corrected chi connectivity index (χ2v) is 8.42. The van der Waals surface area contributed by atoms with Crippen LogP contribution < -0.4 is 14.8 Å². The summed E-state index contributed by atoms with van der Waals surface area (Å²) in [7, 11) is -3.30. The molecule has 1 aromatic carbocycles. The molecule has 1 aliphatic rings. The average molecular weight is 357 g/mol. The average Bonchev–Trinajstić information content (AvgIpc) is 2.48. The van der Waals surface area contributed by atoms with Crippen molar-refractivity contribution in [3.05, 3.63) is 24.3 Å². The van der Waals surface area contributed by atoms with Crippen LogP contribution in [0.4, 0.5) is 5.69 Å². The van der Waals surface area contributed by atoms with Crippen molar-refractivity contribution in [1.82, 2.24) is 10.2 Å². The third-order valence-corrected chi connectivity index (χ3v) is 4.59. The van der Waals surface area contributed by atoms with E-state index >= 15 is 0 Å². The van der Waals surface area contributed by atoms with Gasteiger partial charge in [0.05, 0.1) is 6.26 Å². The van der Waals surface area contributed by atoms with Gasteiger partial charge in [-0.25, -0.2) is 8.42 Å². The summed E-state index contributed by atoms with van der Waals surface area (Å²) in [6.07, 6.45) is 0.469. The molecule has 0 aromatic heterocycles. The lowest BCUT2D eigenvalue weighted by Gasteiger charge is -2.36. The molecule has 136 valence electrons. The number of sulfonamides is 1. The van der Waals surface area contributed by atoms with Crippen LogP contribution >= 0.6 is 0 Å². The predicted molar refractivity (Wildman–Crippen MR) is 94.9 cm³/mol. The van der Waals surface area contributed by atoms with Crippen molar-refractivity contribution in [2.24, 2.45) is 0 Å². The molecular weight excluding hydrogens is 330 g/mol. The predicted octanol–water partition coefficient (Wildman–Crippen LogP) is 0.482. The molecule has 0 spiro atoms. The van der Waals surface area contributed by atoms with Crippen LogP contribution in [0.3, 0.4) is 0 Å². The summed E-state index contributed by atoms with van der Waals surface area (Å²) in [5.41, 5.74) is -0.277. The first kappa shape index (κ1) is 19.0. The minimum Gasteiger partial charge on any atom is -0.485 e. The third-order valence-electron chi connectivity index (χ3n) is 3.98. The third kappa shape index (κ3) is 5.94. The molecule has 24 heavy (non-hydrogen) atoms. The molecule has 0 aliphatic carbocycles. The van der Waals surface area contributed by atoms with E-state index in [2.05, 4.69) is 14.9 Å². The van der Waals surface area contributed by atoms with Crippen LogP contribution in [-0.4, -0.2) is 69.1 Å². The standard InChI is InChI=1S/C16H27N3O4S/c1-16(2,15(20)12-19-10-8-17-9-11-19)23-14-6-4-13(5-7-14)18-24(3,21)22/h4-7,15,17-18,20H,8-12H2,1-3H3. The molecule has 1 fully saturated rings. The van der Waals surface area contributed by atoms with Crippen molar-refractivity contribution in [3.8, 4) is 5.75 Å². The van der Waals surface area contributed by atoms with Gasteiger partial charge in [-0.05, 0) is 38.1 Å². The summed E-state index contributed by atoms with van der Waals surface area (Å²) < 4.78 is 30.7. The Hall–Kier alpha value is -1.35. The van der Waals surface area contributed by atoms with Crippen molar-refractivity contribution in [3.63, 3.8) is 0 Å². The first-order valence-corrected chi connectivity index (χ1v) is 9.93. The van der Waals surface area contributed by atoms with E-state index in [1.54, 1.807) is 24.3 Å². The fraction of sp³-hybridized carbons (Fsp3) is 0.625. The Balaban J connectivity index is 1.94. The van der Waals surface area contributed by atoms with Gasteiger partial charge >= 0.3 is 0 Å². The number of hydrogen-bond donors (Lipinski definition) is 3. The summed E-state index contributed by atoms with van der Waals surface area (Å²) in [6.45, 7) is 7.96. The number of aliphatic hydroxyl groups excluding tert-OH is 1. The van der Waals surface area contributed by atoms with Crippen LogP contribution in [0.15, 0.2) is 24.3 Å². The van der Waals surface area contributed by atoms with Crippen molar-refractivity contribution in [2.75, 3.05) is 43.7 Å². The van der Waals surface area contributed by atoms with Gasteiger partial charge in [-0.1, -0.05) is 0 Å². The van der Waals surface area contributed by atoms with E-state index in [1.807, 2.05) is 13.8 Å². The van der Waals surface area contributed by atoms with E-state index in [0.29, 0.717) is 18.0 Å². The second kappa shape index (κ2) is 7.69. The fourth-order valence-electron chi connectivity index (χ4n) is 2.53. The lowest BCUT2D eigenvalue weighted by atomic mass is 10.0. The number of ether oxygens (including phenoxy) is 1. The minimum absolute atomic E-state index is 0.476. The minimum atomic E-state index is -3.30. The van der Waals surface area contributed by atoms with Crippen LogP contribution in [0.2, 0.25) is 0 Å². The monoisotopic (exact) mass is 357 g/mol. The maximum atomic E-state index is 11.2. The van der Waals surface area contributed by atoms with Gasteiger partial charge in [0, 0.05) is 38.4 Å². The number of β-amino-alcohol motifs (C(OH)–C–C–N with tert-alkyl or cyclic N) is 1. The van der Waals surface area contributed by atoms with E-state index in [-0.39, 0.29) is 0 Å². The van der Waals surface area contributed by atoms with Crippen molar-refractivity contribution < 1.29 is 18.3 Å². The molecule has 0 bridgehead atoms. The number of piperazine rings is 1. The second-order valence-electron chi connectivity index (χ2n) is 6.67. The normalized spacial score (nSPS) is 18.2. The Morgan fingerprint density at radius 1 is 1.29 bits per heavy atom. The molecule has 1 unspecified atom stereocenters. The maximum Gasteiger partial charge on any atom is 0.229 e. The van der Waals surface area contributed by atoms with Crippen LogP contribution in [0.5, 0.6) is 5.75 Å². The van der Waals surface area contributed by atoms with E-state index in [1.165, 1.54) is 0 Å². The van der Waals surface area contributed by atoms with Crippen LogP contribution in [0.25, 0.3) is 0 Å². The van der Waals surface area contributed by atoms with E-state index in [0.717, 1.165) is 32.4 Å². The number of aliphatic hydroxyl groups is 1. The van der Waals surface area contributed by atoms with Crippen molar-refractivity contribution in [2.45, 2.75) is 25.6 Å². The van der Waals surface area contributed by atoms with Gasteiger partial charge in [0.1, 0.15) is 17.5 Å². The molecule has 1 saturated heterocycles. The van der Waals surface area contributed by atoms with Gasteiger partial charge in [-0.15, -0.1) is 0 Å². The summed E-state index contributed by atoms with van der Waals surface area (Å²) in [5.74, 6) is 0.582. The van der Waals surface area contributed by atoms with E-state index < -0.39 is 21.7 Å². The molecule has 8 heteroatoms. The molecule has 3 N–H and O–H groups in total. The Labute approximate surface area is 144 Å². The molecule has 0 saturated carbocycles. The van der Waals surface area contributed by atoms with Crippen molar-refractivity contribution in [1.29, 1.82) is 0 Å². The highest BCUT2D eigenvalue weighted by Crippen LogP contribution is 2.24. The topological polar surface area (TPSA) is 90.9 Å². The number of benzene rings is 1. The van der Waals surface area contributed by atoms with Gasteiger partial charge in [0.15, 0.2) is 0 Å². The summed E-state index contributed by atoms with van der Waals surface area (Å²) in [4.78, 5) is 2.21. The quantitative estimate of drug-likeness (QED) is 0.658. The molecule has 1 heterocycles. The Morgan fingerprint density at radius 2 is 1.88 bits per heavy atom. The first-order valence-electron chi connectivity index (χ1n) is 8.04. The highest BCUT2D eigenvalue weighted by Gasteiger charge is 2.31. The van der Waals surface area contributed by atoms with Gasteiger partial charge in [0.25, 0.3) is 0 Å². The highest BCUT2D eigenvalue weighted by atomic mass is 32.2. The van der Waals surface area contributed by atoms with Crippen molar-refractivity contribution >= 4 is 15.7 Å². The van der Waals surface area contributed by atoms with E-state index in [4.69, 9.17) is 4.74 Å². The zero-order chi connectivity index (χ0) is 17.8. The van der Waals surface area contributed by atoms with E-state index in [9.17, 15) is 13.5 Å². The Kier molecular flexibility index (Phi) is 6.08. The number of nitrogens with one attached hydrogen (secondary N) is 2. The number of rotatable bonds is 7. The highest BCUT2D eigenvalue weighted by molar-refractivity contribution is 7.92. The molecule has 2 rings (SSSR count). The van der Waals surface area contributed by atoms with Gasteiger partial charge in [-0.2, -0.15) is 0 Å². The van der Waals surface area contributed by atoms with Crippen LogP contribution in [0, 0.1) is 0 Å². The lowest BCUT2D eigenvalue weighted by molar-refractivity contribution is -0.0455. The molecule has 1 aliphatic heterocycles. The summed E-state index contributed by atoms with van der Waals surface area (Å²) in [6, 6.07) is 6.64. The Morgan fingerprint density at radius 3 is 2.42 bits per heavy atom. The largest absolute Gasteiger partial charge is 0.485 e. The fourth-order valence-corrected chi connectivity index (χ4v) is 3.10. The molecular formula is C16H27N3O4S. The molecule has 7 nitrogen and oxygen atoms in total. The number of nitrogens with zero attached hydrogens (tertiary/aromatic N) is 1. The molecule has 1 atom stereocenters. The number of anilines is 1. The Bertz CT molecular complexity index is 625. The molecule has 1 aromatic rings.